The lowest BCUT2D eigenvalue weighted by molar-refractivity contribution is -0.00942. The number of hydrogen-bond donors (Lipinski definition) is 2. The first-order valence-electron chi connectivity index (χ1n) is 11.6. The Balaban J connectivity index is 1.11. The molecule has 4 saturated carbocycles. The van der Waals surface area contributed by atoms with E-state index in [9.17, 15) is 9.59 Å². The van der Waals surface area contributed by atoms with Gasteiger partial charge in [-0.15, -0.1) is 0 Å². The zero-order chi connectivity index (χ0) is 19.8. The van der Waals surface area contributed by atoms with Crippen molar-refractivity contribution in [2.45, 2.75) is 64.0 Å². The van der Waals surface area contributed by atoms with E-state index in [1.807, 2.05) is 29.2 Å². The number of likely N-dealkylation sites (tertiary alicyclic amines) is 1. The molecule has 0 atom stereocenters. The third kappa shape index (κ3) is 4.01. The normalized spacial score (nSPS) is 32.8. The van der Waals surface area contributed by atoms with Crippen LogP contribution in [-0.4, -0.2) is 36.0 Å². The van der Waals surface area contributed by atoms with E-state index in [1.54, 1.807) is 0 Å². The second-order valence-electron chi connectivity index (χ2n) is 9.83. The van der Waals surface area contributed by atoms with Gasteiger partial charge in [0.05, 0.1) is 0 Å². The maximum Gasteiger partial charge on any atom is 0.315 e. The molecule has 0 aromatic heterocycles. The summed E-state index contributed by atoms with van der Waals surface area (Å²) in [5.41, 5.74) is 1.77. The largest absolute Gasteiger partial charge is 0.339 e. The molecular formula is C24H33N3O2. The van der Waals surface area contributed by atoms with Crippen molar-refractivity contribution in [2.75, 3.05) is 13.1 Å². The van der Waals surface area contributed by atoms with Gasteiger partial charge in [-0.1, -0.05) is 12.1 Å². The standard InChI is InChI=1S/C24H33N3O2/c28-23(27-8-2-1-3-9-27)19-6-4-16(5-7-19)15-25-24(29)26-22-20-11-17-10-18(13-20)14-21(22)12-17/h4-7,17-18,20-22H,1-3,8-15H2,(H2,25,26,29). The Morgan fingerprint density at radius 3 is 2.10 bits per heavy atom. The van der Waals surface area contributed by atoms with Crippen LogP contribution < -0.4 is 10.6 Å². The molecule has 156 valence electrons. The van der Waals surface area contributed by atoms with Crippen LogP contribution in [0.3, 0.4) is 0 Å². The molecule has 5 nitrogen and oxygen atoms in total. The molecule has 3 amide bonds. The van der Waals surface area contributed by atoms with Crippen LogP contribution in [0, 0.1) is 23.7 Å². The molecular weight excluding hydrogens is 362 g/mol. The lowest BCUT2D eigenvalue weighted by atomic mass is 9.54. The van der Waals surface area contributed by atoms with E-state index in [-0.39, 0.29) is 11.9 Å². The Hall–Kier alpha value is -2.04. The van der Waals surface area contributed by atoms with Gasteiger partial charge in [0.1, 0.15) is 0 Å². The summed E-state index contributed by atoms with van der Waals surface area (Å²) in [6, 6.07) is 8.02. The Morgan fingerprint density at radius 2 is 1.48 bits per heavy atom. The van der Waals surface area contributed by atoms with Gasteiger partial charge in [-0.05, 0) is 92.7 Å². The first-order chi connectivity index (χ1) is 14.2. The molecule has 1 aliphatic heterocycles. The predicted octanol–water partition coefficient (Wildman–Crippen LogP) is 3.94. The highest BCUT2D eigenvalue weighted by atomic mass is 16.2. The van der Waals surface area contributed by atoms with Crippen molar-refractivity contribution in [2.24, 2.45) is 23.7 Å². The van der Waals surface area contributed by atoms with Crippen molar-refractivity contribution in [1.29, 1.82) is 0 Å². The maximum absolute atomic E-state index is 12.6. The number of amides is 3. The lowest BCUT2D eigenvalue weighted by Gasteiger charge is -2.54. The molecule has 1 saturated heterocycles. The van der Waals surface area contributed by atoms with E-state index in [0.717, 1.165) is 48.9 Å². The molecule has 0 radical (unpaired) electrons. The molecule has 4 aliphatic carbocycles. The monoisotopic (exact) mass is 395 g/mol. The summed E-state index contributed by atoms with van der Waals surface area (Å²) in [5, 5.41) is 6.32. The van der Waals surface area contributed by atoms with E-state index >= 15 is 0 Å². The van der Waals surface area contributed by atoms with Crippen LogP contribution in [0.1, 0.15) is 67.3 Å². The van der Waals surface area contributed by atoms with Gasteiger partial charge >= 0.3 is 6.03 Å². The first-order valence-corrected chi connectivity index (χ1v) is 11.6. The highest BCUT2D eigenvalue weighted by Crippen LogP contribution is 2.53. The van der Waals surface area contributed by atoms with Gasteiger partial charge in [-0.2, -0.15) is 0 Å². The number of nitrogens with zero attached hydrogens (tertiary/aromatic N) is 1. The molecule has 5 fully saturated rings. The highest BCUT2D eigenvalue weighted by Gasteiger charge is 2.48. The summed E-state index contributed by atoms with van der Waals surface area (Å²) < 4.78 is 0. The van der Waals surface area contributed by atoms with Crippen LogP contribution in [0.5, 0.6) is 0 Å². The number of nitrogens with one attached hydrogen (secondary N) is 2. The van der Waals surface area contributed by atoms with Crippen molar-refractivity contribution >= 4 is 11.9 Å². The molecule has 6 rings (SSSR count). The first kappa shape index (κ1) is 19.0. The third-order valence-corrected chi connectivity index (χ3v) is 7.82. The van der Waals surface area contributed by atoms with E-state index in [4.69, 9.17) is 0 Å². The number of carbonyl (C=O) groups is 2. The molecule has 1 aromatic rings. The number of carbonyl (C=O) groups excluding carboxylic acids is 2. The van der Waals surface area contributed by atoms with Crippen molar-refractivity contribution in [3.8, 4) is 0 Å². The molecule has 5 heteroatoms. The van der Waals surface area contributed by atoms with Crippen molar-refractivity contribution in [3.63, 3.8) is 0 Å². The lowest BCUT2D eigenvalue weighted by Crippen LogP contribution is -2.57. The van der Waals surface area contributed by atoms with Crippen LogP contribution in [-0.2, 0) is 6.54 Å². The quantitative estimate of drug-likeness (QED) is 0.811. The average molecular weight is 396 g/mol. The summed E-state index contributed by atoms with van der Waals surface area (Å²) in [4.78, 5) is 27.0. The summed E-state index contributed by atoms with van der Waals surface area (Å²) in [5.74, 6) is 3.35. The topological polar surface area (TPSA) is 61.4 Å². The maximum atomic E-state index is 12.6. The van der Waals surface area contributed by atoms with Gasteiger partial charge in [0.2, 0.25) is 0 Å². The van der Waals surface area contributed by atoms with Gasteiger partial charge in [0.25, 0.3) is 5.91 Å². The zero-order valence-corrected chi connectivity index (χ0v) is 17.2. The second kappa shape index (κ2) is 8.00. The fraction of sp³-hybridized carbons (Fsp3) is 0.667. The van der Waals surface area contributed by atoms with Crippen LogP contribution >= 0.6 is 0 Å². The highest BCUT2D eigenvalue weighted by molar-refractivity contribution is 5.94. The molecule has 5 aliphatic rings. The van der Waals surface area contributed by atoms with Gasteiger partial charge in [-0.25, -0.2) is 4.79 Å². The van der Waals surface area contributed by atoms with Crippen LogP contribution in [0.4, 0.5) is 4.79 Å². The van der Waals surface area contributed by atoms with E-state index in [2.05, 4.69) is 10.6 Å². The molecule has 1 heterocycles. The summed E-state index contributed by atoms with van der Waals surface area (Å²) >= 11 is 0. The minimum atomic E-state index is -0.0454. The summed E-state index contributed by atoms with van der Waals surface area (Å²) in [7, 11) is 0. The fourth-order valence-corrected chi connectivity index (χ4v) is 6.59. The molecule has 1 aromatic carbocycles. The molecule has 29 heavy (non-hydrogen) atoms. The fourth-order valence-electron chi connectivity index (χ4n) is 6.59. The number of piperidine rings is 1. The Labute approximate surface area is 173 Å². The molecule has 4 bridgehead atoms. The minimum absolute atomic E-state index is 0.0454. The molecule has 2 N–H and O–H groups in total. The van der Waals surface area contributed by atoms with Crippen molar-refractivity contribution in [3.05, 3.63) is 35.4 Å². The van der Waals surface area contributed by atoms with Crippen molar-refractivity contribution in [1.82, 2.24) is 15.5 Å². The van der Waals surface area contributed by atoms with E-state index < -0.39 is 0 Å². The van der Waals surface area contributed by atoms with E-state index in [0.29, 0.717) is 24.4 Å². The third-order valence-electron chi connectivity index (χ3n) is 7.82. The van der Waals surface area contributed by atoms with E-state index in [1.165, 1.54) is 38.5 Å². The van der Waals surface area contributed by atoms with Crippen LogP contribution in [0.15, 0.2) is 24.3 Å². The number of benzene rings is 1. The predicted molar refractivity (Wildman–Crippen MR) is 112 cm³/mol. The van der Waals surface area contributed by atoms with Crippen LogP contribution in [0.2, 0.25) is 0 Å². The minimum Gasteiger partial charge on any atom is -0.339 e. The molecule has 0 unspecified atom stereocenters. The summed E-state index contributed by atoms with van der Waals surface area (Å²) in [6.45, 7) is 2.23. The zero-order valence-electron chi connectivity index (χ0n) is 17.2. The molecule has 0 spiro atoms. The number of urea groups is 1. The number of rotatable bonds is 4. The number of hydrogen-bond acceptors (Lipinski definition) is 2. The Morgan fingerprint density at radius 1 is 0.862 bits per heavy atom. The average Bonchev–Trinajstić information content (AvgIpc) is 2.75. The van der Waals surface area contributed by atoms with Gasteiger partial charge in [0.15, 0.2) is 0 Å². The van der Waals surface area contributed by atoms with Gasteiger partial charge in [0, 0.05) is 31.2 Å². The van der Waals surface area contributed by atoms with Gasteiger partial charge in [-0.3, -0.25) is 4.79 Å². The summed E-state index contributed by atoms with van der Waals surface area (Å²) in [6.07, 6.45) is 10.1. The van der Waals surface area contributed by atoms with Gasteiger partial charge < -0.3 is 15.5 Å². The SMILES string of the molecule is O=C(NCc1ccc(C(=O)N2CCCCC2)cc1)NC1C2CC3CC(C2)CC1C3. The second-order valence-corrected chi connectivity index (χ2v) is 9.83. The van der Waals surface area contributed by atoms with Crippen molar-refractivity contribution < 1.29 is 9.59 Å². The smallest absolute Gasteiger partial charge is 0.315 e. The Bertz CT molecular complexity index is 726. The van der Waals surface area contributed by atoms with Crippen LogP contribution in [0.25, 0.3) is 0 Å². The Kier molecular flexibility index (Phi) is 5.23.